The molecule has 0 bridgehead atoms. The maximum absolute atomic E-state index is 13.6. The van der Waals surface area contributed by atoms with Crippen molar-refractivity contribution in [3.8, 4) is 0 Å². The fourth-order valence-corrected chi connectivity index (χ4v) is 1.82. The molecule has 5 heteroatoms. The maximum atomic E-state index is 13.6. The predicted octanol–water partition coefficient (Wildman–Crippen LogP) is 2.46. The number of anilines is 2. The van der Waals surface area contributed by atoms with E-state index < -0.39 is 5.82 Å². The highest BCUT2D eigenvalue weighted by molar-refractivity contribution is 5.42. The summed E-state index contributed by atoms with van der Waals surface area (Å²) in [5.74, 6) is 0.564. The summed E-state index contributed by atoms with van der Waals surface area (Å²) in [6.45, 7) is 7.79. The van der Waals surface area contributed by atoms with Gasteiger partial charge in [0, 0.05) is 13.1 Å². The molecule has 0 saturated heterocycles. The first-order valence-corrected chi connectivity index (χ1v) is 6.15. The van der Waals surface area contributed by atoms with Crippen LogP contribution < -0.4 is 10.6 Å². The molecule has 96 valence electrons. The van der Waals surface area contributed by atoms with Crippen molar-refractivity contribution in [1.29, 1.82) is 0 Å². The molecule has 0 amide bonds. The third kappa shape index (κ3) is 3.54. The Morgan fingerprint density at radius 2 is 2.00 bits per heavy atom. The van der Waals surface area contributed by atoms with E-state index in [0.717, 1.165) is 25.6 Å². The van der Waals surface area contributed by atoms with Crippen LogP contribution in [0.15, 0.2) is 6.20 Å². The number of rotatable bonds is 6. The summed E-state index contributed by atoms with van der Waals surface area (Å²) in [4.78, 5) is 9.55. The van der Waals surface area contributed by atoms with E-state index in [9.17, 15) is 4.39 Å². The van der Waals surface area contributed by atoms with Crippen molar-refractivity contribution in [2.45, 2.75) is 33.6 Å². The first-order chi connectivity index (χ1) is 8.12. The van der Waals surface area contributed by atoms with Crippen molar-refractivity contribution in [2.75, 3.05) is 23.7 Å². The lowest BCUT2D eigenvalue weighted by molar-refractivity contribution is 0.479. The molecule has 0 atom stereocenters. The van der Waals surface area contributed by atoms with E-state index in [-0.39, 0.29) is 5.95 Å². The zero-order chi connectivity index (χ0) is 12.8. The van der Waals surface area contributed by atoms with E-state index in [1.807, 2.05) is 11.8 Å². The lowest BCUT2D eigenvalue weighted by Gasteiger charge is -2.26. The molecule has 1 heterocycles. The zero-order valence-electron chi connectivity index (χ0n) is 10.8. The van der Waals surface area contributed by atoms with E-state index in [1.165, 1.54) is 0 Å². The minimum Gasteiger partial charge on any atom is -0.368 e. The predicted molar refractivity (Wildman–Crippen MR) is 68.4 cm³/mol. The third-order valence-electron chi connectivity index (χ3n) is 3.06. The molecule has 2 N–H and O–H groups in total. The van der Waals surface area contributed by atoms with Crippen LogP contribution in [0.4, 0.5) is 16.2 Å². The second-order valence-electron chi connectivity index (χ2n) is 4.12. The summed E-state index contributed by atoms with van der Waals surface area (Å²) in [6, 6.07) is 0. The lowest BCUT2D eigenvalue weighted by atomic mass is 10.0. The molecule has 0 radical (unpaired) electrons. The SMILES string of the molecule is CCC(CC)CN(CC)c1nc(N)ncc1F. The van der Waals surface area contributed by atoms with Crippen LogP contribution in [0.3, 0.4) is 0 Å². The number of aromatic nitrogens is 2. The summed E-state index contributed by atoms with van der Waals surface area (Å²) in [7, 11) is 0. The largest absolute Gasteiger partial charge is 0.368 e. The van der Waals surface area contributed by atoms with Crippen LogP contribution in [0.5, 0.6) is 0 Å². The molecule has 0 unspecified atom stereocenters. The molecule has 0 aliphatic carbocycles. The molecule has 1 aromatic rings. The fraction of sp³-hybridized carbons (Fsp3) is 0.667. The van der Waals surface area contributed by atoms with Crippen molar-refractivity contribution in [3.05, 3.63) is 12.0 Å². The van der Waals surface area contributed by atoms with Gasteiger partial charge in [-0.3, -0.25) is 0 Å². The van der Waals surface area contributed by atoms with Gasteiger partial charge in [-0.15, -0.1) is 0 Å². The summed E-state index contributed by atoms with van der Waals surface area (Å²) in [6.07, 6.45) is 3.29. The Balaban J connectivity index is 2.89. The summed E-state index contributed by atoms with van der Waals surface area (Å²) in [5, 5.41) is 0. The van der Waals surface area contributed by atoms with Crippen LogP contribution in [0.1, 0.15) is 33.6 Å². The molecule has 0 aliphatic rings. The second-order valence-corrected chi connectivity index (χ2v) is 4.12. The van der Waals surface area contributed by atoms with Gasteiger partial charge in [-0.25, -0.2) is 9.37 Å². The first kappa shape index (κ1) is 13.7. The maximum Gasteiger partial charge on any atom is 0.222 e. The normalized spacial score (nSPS) is 10.9. The Hall–Kier alpha value is -1.39. The van der Waals surface area contributed by atoms with Crippen molar-refractivity contribution >= 4 is 11.8 Å². The molecule has 0 spiro atoms. The summed E-state index contributed by atoms with van der Waals surface area (Å²) < 4.78 is 13.6. The summed E-state index contributed by atoms with van der Waals surface area (Å²) in [5.41, 5.74) is 5.50. The Morgan fingerprint density at radius 1 is 1.35 bits per heavy atom. The van der Waals surface area contributed by atoms with Crippen LogP contribution in [0.2, 0.25) is 0 Å². The quantitative estimate of drug-likeness (QED) is 0.830. The third-order valence-corrected chi connectivity index (χ3v) is 3.06. The Morgan fingerprint density at radius 3 is 2.53 bits per heavy atom. The number of hydrogen-bond donors (Lipinski definition) is 1. The number of hydrogen-bond acceptors (Lipinski definition) is 4. The van der Waals surface area contributed by atoms with Crippen molar-refractivity contribution in [2.24, 2.45) is 5.92 Å². The molecule has 17 heavy (non-hydrogen) atoms. The van der Waals surface area contributed by atoms with Gasteiger partial charge in [-0.2, -0.15) is 4.98 Å². The van der Waals surface area contributed by atoms with Gasteiger partial charge in [0.1, 0.15) is 0 Å². The second kappa shape index (κ2) is 6.37. The molecule has 0 aromatic carbocycles. The molecule has 1 aromatic heterocycles. The molecule has 1 rings (SSSR count). The minimum absolute atomic E-state index is 0.115. The summed E-state index contributed by atoms with van der Waals surface area (Å²) >= 11 is 0. The molecular weight excluding hydrogens is 219 g/mol. The van der Waals surface area contributed by atoms with Crippen molar-refractivity contribution < 1.29 is 4.39 Å². The highest BCUT2D eigenvalue weighted by Gasteiger charge is 2.16. The standard InChI is InChI=1S/C12H21FN4/c1-4-9(5-2)8-17(6-3)11-10(13)7-15-12(14)16-11/h7,9H,4-6,8H2,1-3H3,(H2,14,15,16). The number of halogens is 1. The van der Waals surface area contributed by atoms with Crippen molar-refractivity contribution in [3.63, 3.8) is 0 Å². The van der Waals surface area contributed by atoms with Crippen LogP contribution in [0, 0.1) is 11.7 Å². The smallest absolute Gasteiger partial charge is 0.222 e. The molecule has 0 fully saturated rings. The highest BCUT2D eigenvalue weighted by atomic mass is 19.1. The van der Waals surface area contributed by atoms with E-state index in [1.54, 1.807) is 0 Å². The Kier molecular flexibility index (Phi) is 5.12. The van der Waals surface area contributed by atoms with Crippen LogP contribution in [-0.4, -0.2) is 23.1 Å². The van der Waals surface area contributed by atoms with Gasteiger partial charge >= 0.3 is 0 Å². The first-order valence-electron chi connectivity index (χ1n) is 6.15. The molecule has 0 aliphatic heterocycles. The Bertz CT molecular complexity index is 352. The number of nitrogens with zero attached hydrogens (tertiary/aromatic N) is 3. The van der Waals surface area contributed by atoms with Gasteiger partial charge in [0.25, 0.3) is 0 Å². The van der Waals surface area contributed by atoms with Gasteiger partial charge in [-0.05, 0) is 12.8 Å². The average molecular weight is 240 g/mol. The van der Waals surface area contributed by atoms with Crippen molar-refractivity contribution in [1.82, 2.24) is 9.97 Å². The molecule has 0 saturated carbocycles. The van der Waals surface area contributed by atoms with Gasteiger partial charge in [0.05, 0.1) is 6.20 Å². The Labute approximate surface area is 102 Å². The lowest BCUT2D eigenvalue weighted by Crippen LogP contribution is -2.30. The van der Waals surface area contributed by atoms with Crippen LogP contribution in [0.25, 0.3) is 0 Å². The van der Waals surface area contributed by atoms with E-state index in [4.69, 9.17) is 5.73 Å². The van der Waals surface area contributed by atoms with E-state index in [0.29, 0.717) is 18.3 Å². The molecular formula is C12H21FN4. The highest BCUT2D eigenvalue weighted by Crippen LogP contribution is 2.19. The topological polar surface area (TPSA) is 55.0 Å². The van der Waals surface area contributed by atoms with Crippen LogP contribution >= 0.6 is 0 Å². The van der Waals surface area contributed by atoms with Gasteiger partial charge in [0.2, 0.25) is 5.95 Å². The van der Waals surface area contributed by atoms with Gasteiger partial charge in [-0.1, -0.05) is 26.7 Å². The van der Waals surface area contributed by atoms with E-state index in [2.05, 4.69) is 23.8 Å². The monoisotopic (exact) mass is 240 g/mol. The van der Waals surface area contributed by atoms with Crippen LogP contribution in [-0.2, 0) is 0 Å². The van der Waals surface area contributed by atoms with Gasteiger partial charge in [0.15, 0.2) is 11.6 Å². The number of nitrogen functional groups attached to an aromatic ring is 1. The van der Waals surface area contributed by atoms with E-state index >= 15 is 0 Å². The van der Waals surface area contributed by atoms with Gasteiger partial charge < -0.3 is 10.6 Å². The minimum atomic E-state index is -0.410. The zero-order valence-corrected chi connectivity index (χ0v) is 10.8. The fourth-order valence-electron chi connectivity index (χ4n) is 1.82. The average Bonchev–Trinajstić information content (AvgIpc) is 2.34. The number of nitrogens with two attached hydrogens (primary N) is 1. The molecule has 4 nitrogen and oxygen atoms in total.